The molecule has 0 fully saturated rings. The molecule has 0 aliphatic heterocycles. The van der Waals surface area contributed by atoms with Crippen LogP contribution in [0.4, 0.5) is 0 Å². The summed E-state index contributed by atoms with van der Waals surface area (Å²) >= 11 is 0. The summed E-state index contributed by atoms with van der Waals surface area (Å²) in [6, 6.07) is -0.922. The van der Waals surface area contributed by atoms with E-state index in [1.165, 1.54) is 25.5 Å². The Labute approximate surface area is 171 Å². The minimum Gasteiger partial charge on any atom is -0.345 e. The van der Waals surface area contributed by atoms with Crippen LogP contribution in [0.5, 0.6) is 0 Å². The summed E-state index contributed by atoms with van der Waals surface area (Å²) in [4.78, 5) is 56.3. The Bertz CT molecular complexity index is 715. The molecule has 0 radical (unpaired) electrons. The fourth-order valence-corrected chi connectivity index (χ4v) is 2.51. The zero-order chi connectivity index (χ0) is 22.2. The smallest absolute Gasteiger partial charge is 0.270 e. The highest BCUT2D eigenvalue weighted by Crippen LogP contribution is 2.21. The van der Waals surface area contributed by atoms with Crippen LogP contribution < -0.4 is 16.0 Å². The lowest BCUT2D eigenvalue weighted by Gasteiger charge is -2.27. The molecule has 3 N–H and O–H groups in total. The van der Waals surface area contributed by atoms with Crippen molar-refractivity contribution in [3.05, 3.63) is 24.3 Å². The van der Waals surface area contributed by atoms with Crippen LogP contribution in [-0.2, 0) is 14.4 Å². The predicted molar refractivity (Wildman–Crippen MR) is 108 cm³/mol. The van der Waals surface area contributed by atoms with E-state index in [4.69, 9.17) is 0 Å². The van der Waals surface area contributed by atoms with Gasteiger partial charge in [0.15, 0.2) is 0 Å². The molecule has 9 heteroatoms. The van der Waals surface area contributed by atoms with Crippen molar-refractivity contribution < 1.29 is 19.2 Å². The van der Waals surface area contributed by atoms with Crippen LogP contribution in [0, 0.1) is 11.3 Å². The van der Waals surface area contributed by atoms with Crippen LogP contribution in [0.25, 0.3) is 0 Å². The fraction of sp³-hybridized carbons (Fsp3) is 0.600. The molecule has 0 saturated heterocycles. The molecule has 0 bridgehead atoms. The van der Waals surface area contributed by atoms with Crippen molar-refractivity contribution in [3.63, 3.8) is 0 Å². The van der Waals surface area contributed by atoms with Gasteiger partial charge < -0.3 is 20.7 Å². The Morgan fingerprint density at radius 3 is 2.21 bits per heavy atom. The third kappa shape index (κ3) is 8.37. The normalized spacial score (nSPS) is 14.4. The zero-order valence-corrected chi connectivity index (χ0v) is 17.9. The molecule has 0 aromatic carbocycles. The molecule has 160 valence electrons. The zero-order valence-electron chi connectivity index (χ0n) is 17.9. The number of aldehydes is 1. The SMILES string of the molecule is CC(NC(=O)C(CC(C)(C)C)NC(=O)c1ccncn1)C(=O)NC(C=O)C(C)C. The Morgan fingerprint density at radius 1 is 1.07 bits per heavy atom. The van der Waals surface area contributed by atoms with Crippen LogP contribution in [0.2, 0.25) is 0 Å². The van der Waals surface area contributed by atoms with Gasteiger partial charge in [-0.3, -0.25) is 14.4 Å². The number of amides is 3. The number of hydrogen-bond acceptors (Lipinski definition) is 6. The lowest BCUT2D eigenvalue weighted by molar-refractivity contribution is -0.131. The molecule has 0 spiro atoms. The average molecular weight is 405 g/mol. The van der Waals surface area contributed by atoms with Gasteiger partial charge in [0.25, 0.3) is 5.91 Å². The van der Waals surface area contributed by atoms with Crippen LogP contribution in [0.3, 0.4) is 0 Å². The Balaban J connectivity index is 2.84. The molecule has 1 aromatic rings. The Hall–Kier alpha value is -2.84. The molecule has 1 heterocycles. The first kappa shape index (κ1) is 24.2. The van der Waals surface area contributed by atoms with E-state index < -0.39 is 35.8 Å². The van der Waals surface area contributed by atoms with E-state index in [1.807, 2.05) is 34.6 Å². The lowest BCUT2D eigenvalue weighted by Crippen LogP contribution is -2.55. The van der Waals surface area contributed by atoms with E-state index in [9.17, 15) is 19.2 Å². The number of nitrogens with one attached hydrogen (secondary N) is 3. The van der Waals surface area contributed by atoms with Crippen LogP contribution in [0.15, 0.2) is 18.6 Å². The molecule has 9 nitrogen and oxygen atoms in total. The number of aromatic nitrogens is 2. The average Bonchev–Trinajstić information content (AvgIpc) is 2.64. The van der Waals surface area contributed by atoms with Crippen LogP contribution in [-0.4, -0.2) is 52.1 Å². The minimum absolute atomic E-state index is 0.0693. The van der Waals surface area contributed by atoms with Crippen molar-refractivity contribution in [3.8, 4) is 0 Å². The Morgan fingerprint density at radius 2 is 1.72 bits per heavy atom. The first-order chi connectivity index (χ1) is 13.4. The first-order valence-electron chi connectivity index (χ1n) is 9.57. The quantitative estimate of drug-likeness (QED) is 0.522. The van der Waals surface area contributed by atoms with Crippen molar-refractivity contribution in [1.29, 1.82) is 0 Å². The third-order valence-corrected chi connectivity index (χ3v) is 4.18. The van der Waals surface area contributed by atoms with E-state index in [-0.39, 0.29) is 17.0 Å². The van der Waals surface area contributed by atoms with Gasteiger partial charge in [-0.25, -0.2) is 9.97 Å². The van der Waals surface area contributed by atoms with Crippen molar-refractivity contribution >= 4 is 24.0 Å². The van der Waals surface area contributed by atoms with E-state index in [0.29, 0.717) is 12.7 Å². The minimum atomic E-state index is -0.873. The molecular weight excluding hydrogens is 374 g/mol. The highest BCUT2D eigenvalue weighted by atomic mass is 16.2. The van der Waals surface area contributed by atoms with E-state index in [2.05, 4.69) is 25.9 Å². The highest BCUT2D eigenvalue weighted by Gasteiger charge is 2.29. The van der Waals surface area contributed by atoms with Gasteiger partial charge >= 0.3 is 0 Å². The van der Waals surface area contributed by atoms with Gasteiger partial charge in [-0.15, -0.1) is 0 Å². The second kappa shape index (κ2) is 10.6. The highest BCUT2D eigenvalue weighted by molar-refractivity contribution is 5.97. The summed E-state index contributed by atoms with van der Waals surface area (Å²) in [5.41, 5.74) is -0.115. The maximum atomic E-state index is 12.8. The summed E-state index contributed by atoms with van der Waals surface area (Å²) in [5.74, 6) is -1.53. The van der Waals surface area contributed by atoms with E-state index in [0.717, 1.165) is 0 Å². The summed E-state index contributed by atoms with van der Waals surface area (Å²) in [7, 11) is 0. The molecule has 3 unspecified atom stereocenters. The summed E-state index contributed by atoms with van der Waals surface area (Å²) < 4.78 is 0. The van der Waals surface area contributed by atoms with Crippen molar-refractivity contribution in [2.45, 2.75) is 66.1 Å². The van der Waals surface area contributed by atoms with Gasteiger partial charge in [-0.05, 0) is 30.7 Å². The topological polar surface area (TPSA) is 130 Å². The van der Waals surface area contributed by atoms with Crippen molar-refractivity contribution in [2.75, 3.05) is 0 Å². The first-order valence-corrected chi connectivity index (χ1v) is 9.57. The lowest BCUT2D eigenvalue weighted by atomic mass is 9.87. The molecular formula is C20H31N5O4. The number of hydrogen-bond donors (Lipinski definition) is 3. The number of carbonyl (C=O) groups is 4. The monoisotopic (exact) mass is 405 g/mol. The summed E-state index contributed by atoms with van der Waals surface area (Å²) in [5, 5.41) is 7.89. The maximum Gasteiger partial charge on any atom is 0.270 e. The van der Waals surface area contributed by atoms with Gasteiger partial charge in [0, 0.05) is 6.20 Å². The second-order valence-electron chi connectivity index (χ2n) is 8.53. The largest absolute Gasteiger partial charge is 0.345 e. The van der Waals surface area contributed by atoms with Crippen LogP contribution in [0.1, 0.15) is 58.5 Å². The number of carbonyl (C=O) groups excluding carboxylic acids is 4. The molecule has 3 atom stereocenters. The van der Waals surface area contributed by atoms with Gasteiger partial charge in [0.2, 0.25) is 11.8 Å². The van der Waals surface area contributed by atoms with Gasteiger partial charge in [0.05, 0.1) is 6.04 Å². The fourth-order valence-electron chi connectivity index (χ4n) is 2.51. The molecule has 0 aliphatic rings. The standard InChI is InChI=1S/C20H31N5O4/c1-12(2)16(10-26)25-17(27)13(3)23-19(29)15(9-20(4,5)6)24-18(28)14-7-8-21-11-22-14/h7-8,10-13,15-16H,9H2,1-6H3,(H,23,29)(H,24,28)(H,25,27). The number of nitrogens with zero attached hydrogens (tertiary/aromatic N) is 2. The van der Waals surface area contributed by atoms with Gasteiger partial charge in [-0.2, -0.15) is 0 Å². The number of rotatable bonds is 9. The molecule has 1 aromatic heterocycles. The summed E-state index contributed by atoms with van der Waals surface area (Å²) in [6.45, 7) is 11.0. The Kier molecular flexibility index (Phi) is 8.87. The molecule has 0 aliphatic carbocycles. The van der Waals surface area contributed by atoms with E-state index in [1.54, 1.807) is 0 Å². The molecule has 3 amide bonds. The third-order valence-electron chi connectivity index (χ3n) is 4.18. The maximum absolute atomic E-state index is 12.8. The van der Waals surface area contributed by atoms with Gasteiger partial charge in [0.1, 0.15) is 30.4 Å². The second-order valence-corrected chi connectivity index (χ2v) is 8.53. The van der Waals surface area contributed by atoms with Crippen molar-refractivity contribution in [2.24, 2.45) is 11.3 Å². The van der Waals surface area contributed by atoms with Crippen LogP contribution >= 0.6 is 0 Å². The van der Waals surface area contributed by atoms with E-state index >= 15 is 0 Å². The molecule has 0 saturated carbocycles. The predicted octanol–water partition coefficient (Wildman–Crippen LogP) is 0.856. The van der Waals surface area contributed by atoms with Crippen molar-refractivity contribution in [1.82, 2.24) is 25.9 Å². The van der Waals surface area contributed by atoms with Gasteiger partial charge in [-0.1, -0.05) is 34.6 Å². The molecule has 1 rings (SSSR count). The molecule has 29 heavy (non-hydrogen) atoms. The summed E-state index contributed by atoms with van der Waals surface area (Å²) in [6.07, 6.45) is 3.71.